The molecule has 0 aromatic rings. The number of alkyl halides is 8. The van der Waals surface area contributed by atoms with E-state index in [-0.39, 0.29) is 51.4 Å². The number of hydrogen-bond acceptors (Lipinski definition) is 6. The van der Waals surface area contributed by atoms with Crippen molar-refractivity contribution in [1.82, 2.24) is 0 Å². The smallest absolute Gasteiger partial charge is 0.743 e. The molecular formula is C9H7F8KO6S. The summed E-state index contributed by atoms with van der Waals surface area (Å²) >= 11 is 0. The van der Waals surface area contributed by atoms with Gasteiger partial charge < -0.3 is 9.29 Å². The van der Waals surface area contributed by atoms with E-state index in [0.29, 0.717) is 0 Å². The van der Waals surface area contributed by atoms with Gasteiger partial charge in [-0.3, -0.25) is 4.79 Å². The van der Waals surface area contributed by atoms with Gasteiger partial charge in [0.15, 0.2) is 10.1 Å². The molecule has 1 unspecified atom stereocenters. The summed E-state index contributed by atoms with van der Waals surface area (Å²) in [6.45, 7) is 0. The Balaban J connectivity index is 0.00000576. The molecule has 0 aromatic heterocycles. The van der Waals surface area contributed by atoms with Gasteiger partial charge in [0.25, 0.3) is 0 Å². The predicted molar refractivity (Wildman–Crippen MR) is 54.3 cm³/mol. The number of carbonyl (C=O) groups is 1. The third kappa shape index (κ3) is 5.46. The van der Waals surface area contributed by atoms with Crippen molar-refractivity contribution in [3.05, 3.63) is 0 Å². The van der Waals surface area contributed by atoms with Crippen LogP contribution in [0.15, 0.2) is 0 Å². The van der Waals surface area contributed by atoms with Crippen LogP contribution in [0.2, 0.25) is 0 Å². The summed E-state index contributed by atoms with van der Waals surface area (Å²) in [5.74, 6) is -6.58. The summed E-state index contributed by atoms with van der Waals surface area (Å²) in [6, 6.07) is 0. The van der Waals surface area contributed by atoms with E-state index in [9.17, 15) is 52.9 Å². The number of esters is 1. The Morgan fingerprint density at radius 1 is 1.08 bits per heavy atom. The molecule has 1 aliphatic heterocycles. The number of cyclic esters (lactones) is 1. The number of halogens is 8. The van der Waals surface area contributed by atoms with E-state index < -0.39 is 64.8 Å². The van der Waals surface area contributed by atoms with E-state index in [4.69, 9.17) is 0 Å². The first-order valence-corrected chi connectivity index (χ1v) is 7.20. The van der Waals surface area contributed by atoms with E-state index in [2.05, 4.69) is 4.74 Å². The van der Waals surface area contributed by atoms with Crippen LogP contribution in [-0.2, 0) is 24.4 Å². The number of ether oxygens (including phenoxy) is 2. The summed E-state index contributed by atoms with van der Waals surface area (Å²) in [4.78, 5) is 10.7. The predicted octanol–water partition coefficient (Wildman–Crippen LogP) is -0.938. The van der Waals surface area contributed by atoms with Gasteiger partial charge in [-0.15, -0.1) is 0 Å². The van der Waals surface area contributed by atoms with Gasteiger partial charge in [-0.2, -0.15) is 35.1 Å². The van der Waals surface area contributed by atoms with Crippen molar-refractivity contribution in [2.75, 3.05) is 0 Å². The van der Waals surface area contributed by atoms with Crippen molar-refractivity contribution in [2.24, 2.45) is 0 Å². The van der Waals surface area contributed by atoms with E-state index in [1.54, 1.807) is 0 Å². The molecule has 25 heavy (non-hydrogen) atoms. The van der Waals surface area contributed by atoms with E-state index in [1.165, 1.54) is 0 Å². The van der Waals surface area contributed by atoms with E-state index in [0.717, 1.165) is 0 Å². The third-order valence-electron chi connectivity index (χ3n) is 2.79. The minimum Gasteiger partial charge on any atom is -0.743 e. The Morgan fingerprint density at radius 3 is 1.92 bits per heavy atom. The van der Waals surface area contributed by atoms with Crippen molar-refractivity contribution < 1.29 is 114 Å². The standard InChI is InChI=1S/C9H8F8O6S.K/c10-6(11,3-4-1-2-5(18)22-4)7(12,13)23-8(14,15)9(16,17)24(19,20)21;/h4H,1-3H2,(H,19,20,21);/q;+1/p-1. The maximum atomic E-state index is 13.3. The van der Waals surface area contributed by atoms with Gasteiger partial charge in [-0.25, -0.2) is 13.2 Å². The van der Waals surface area contributed by atoms with Crippen LogP contribution in [-0.4, -0.2) is 48.4 Å². The third-order valence-corrected chi connectivity index (χ3v) is 3.65. The first-order chi connectivity index (χ1) is 10.4. The van der Waals surface area contributed by atoms with Crippen LogP contribution < -0.4 is 51.4 Å². The van der Waals surface area contributed by atoms with Gasteiger partial charge in [0.2, 0.25) is 0 Å². The molecule has 0 saturated carbocycles. The van der Waals surface area contributed by atoms with Gasteiger partial charge in [-0.1, -0.05) is 0 Å². The van der Waals surface area contributed by atoms with Crippen LogP contribution in [0.3, 0.4) is 0 Å². The fourth-order valence-electron chi connectivity index (χ4n) is 1.57. The maximum absolute atomic E-state index is 13.3. The van der Waals surface area contributed by atoms with Gasteiger partial charge in [0.05, 0.1) is 6.42 Å². The van der Waals surface area contributed by atoms with Gasteiger partial charge >= 0.3 is 80.7 Å². The minimum absolute atomic E-state index is 0. The topological polar surface area (TPSA) is 92.7 Å². The zero-order valence-corrected chi connectivity index (χ0v) is 16.0. The Morgan fingerprint density at radius 2 is 1.56 bits per heavy atom. The Bertz CT molecular complexity index is 609. The molecule has 0 N–H and O–H groups in total. The normalized spacial score (nSPS) is 20.2. The molecule has 0 aliphatic carbocycles. The molecule has 0 spiro atoms. The van der Waals surface area contributed by atoms with Crippen LogP contribution in [0.1, 0.15) is 19.3 Å². The number of carbonyl (C=O) groups excluding carboxylic acids is 1. The molecule has 1 saturated heterocycles. The molecule has 16 heteroatoms. The zero-order chi connectivity index (χ0) is 19.2. The van der Waals surface area contributed by atoms with E-state index >= 15 is 0 Å². The minimum atomic E-state index is -7.21. The number of hydrogen-bond donors (Lipinski definition) is 0. The van der Waals surface area contributed by atoms with Gasteiger partial charge in [0.1, 0.15) is 6.10 Å². The molecule has 1 rings (SSSR count). The monoisotopic (exact) mass is 434 g/mol. The zero-order valence-electron chi connectivity index (χ0n) is 12.1. The molecular weight excluding hydrogens is 427 g/mol. The quantitative estimate of drug-likeness (QED) is 0.222. The number of rotatable bonds is 7. The Kier molecular flexibility index (Phi) is 7.94. The summed E-state index contributed by atoms with van der Waals surface area (Å²) in [5.41, 5.74) is 0. The molecule has 1 heterocycles. The summed E-state index contributed by atoms with van der Waals surface area (Å²) < 4.78 is 140. The molecule has 1 aliphatic rings. The molecule has 6 nitrogen and oxygen atoms in total. The van der Waals surface area contributed by atoms with Crippen molar-refractivity contribution in [2.45, 2.75) is 48.8 Å². The summed E-state index contributed by atoms with van der Waals surface area (Å²) in [7, 11) is -7.21. The Hall–Kier alpha value is 0.416. The molecule has 0 bridgehead atoms. The van der Waals surface area contributed by atoms with Crippen molar-refractivity contribution >= 4 is 16.1 Å². The average molecular weight is 434 g/mol. The van der Waals surface area contributed by atoms with Crippen LogP contribution in [0, 0.1) is 0 Å². The van der Waals surface area contributed by atoms with Crippen molar-refractivity contribution in [3.63, 3.8) is 0 Å². The SMILES string of the molecule is O=C1CCC(CC(F)(F)C(F)(F)OC(F)(F)C(F)(F)S(=O)(=O)[O-])O1.[K+]. The van der Waals surface area contributed by atoms with Crippen LogP contribution in [0.5, 0.6) is 0 Å². The molecule has 0 aromatic carbocycles. The molecule has 1 atom stereocenters. The van der Waals surface area contributed by atoms with Crippen LogP contribution >= 0.6 is 0 Å². The first kappa shape index (κ1) is 25.4. The second-order valence-corrected chi connectivity index (χ2v) is 6.09. The molecule has 1 fully saturated rings. The summed E-state index contributed by atoms with van der Waals surface area (Å²) in [5, 5.41) is -6.74. The second-order valence-electron chi connectivity index (χ2n) is 4.67. The summed E-state index contributed by atoms with van der Waals surface area (Å²) in [6.07, 6.45) is -17.8. The molecule has 0 radical (unpaired) electrons. The van der Waals surface area contributed by atoms with Gasteiger partial charge in [-0.05, 0) is 6.42 Å². The van der Waals surface area contributed by atoms with E-state index in [1.807, 2.05) is 4.74 Å². The average Bonchev–Trinajstić information content (AvgIpc) is 2.70. The molecule has 142 valence electrons. The maximum Gasteiger partial charge on any atom is 1.00 e. The van der Waals surface area contributed by atoms with Crippen LogP contribution in [0.25, 0.3) is 0 Å². The van der Waals surface area contributed by atoms with Crippen molar-refractivity contribution in [1.29, 1.82) is 0 Å². The fourth-order valence-corrected chi connectivity index (χ4v) is 1.90. The largest absolute Gasteiger partial charge is 1.00 e. The second kappa shape index (κ2) is 7.81. The molecule has 0 amide bonds. The van der Waals surface area contributed by atoms with Gasteiger partial charge in [0, 0.05) is 6.42 Å². The fraction of sp³-hybridized carbons (Fsp3) is 0.889. The first-order valence-electron chi connectivity index (χ1n) is 5.79. The Labute approximate surface area is 177 Å². The van der Waals surface area contributed by atoms with Crippen molar-refractivity contribution in [3.8, 4) is 0 Å². The van der Waals surface area contributed by atoms with Crippen LogP contribution in [0.4, 0.5) is 35.1 Å².